The molecule has 0 bridgehead atoms. The van der Waals surface area contributed by atoms with Crippen LogP contribution in [0, 0.1) is 0 Å². The molecular weight excluding hydrogens is 312 g/mol. The summed E-state index contributed by atoms with van der Waals surface area (Å²) < 4.78 is 9.69. The Kier molecular flexibility index (Phi) is 5.21. The van der Waals surface area contributed by atoms with Gasteiger partial charge in [0.1, 0.15) is 13.2 Å². The summed E-state index contributed by atoms with van der Waals surface area (Å²) in [4.78, 5) is 46.7. The highest BCUT2D eigenvalue weighted by Gasteiger charge is 2.26. The number of rotatable bonds is 6. The van der Waals surface area contributed by atoms with Crippen molar-refractivity contribution < 1.29 is 28.7 Å². The van der Waals surface area contributed by atoms with Crippen molar-refractivity contribution in [1.29, 1.82) is 0 Å². The fourth-order valence-corrected chi connectivity index (χ4v) is 2.09. The standard InChI is InChI=1S/C18H14O6/c1-3-16(20)23-9-11-5-6-13-14(7-11)15(19)8-12(18(13)22)10-24-17(21)4-2/h3-8H,1-2,9-10H2. The van der Waals surface area contributed by atoms with Gasteiger partial charge < -0.3 is 9.47 Å². The molecule has 0 saturated heterocycles. The largest absolute Gasteiger partial charge is 0.458 e. The van der Waals surface area contributed by atoms with Crippen LogP contribution in [-0.2, 0) is 25.7 Å². The monoisotopic (exact) mass is 326 g/mol. The van der Waals surface area contributed by atoms with Gasteiger partial charge in [-0.25, -0.2) is 9.59 Å². The number of esters is 2. The van der Waals surface area contributed by atoms with E-state index < -0.39 is 17.7 Å². The Morgan fingerprint density at radius 1 is 0.958 bits per heavy atom. The minimum atomic E-state index is -0.679. The third-order valence-electron chi connectivity index (χ3n) is 3.28. The summed E-state index contributed by atoms with van der Waals surface area (Å²) in [7, 11) is 0. The van der Waals surface area contributed by atoms with E-state index in [4.69, 9.17) is 9.47 Å². The normalized spacial score (nSPS) is 12.8. The van der Waals surface area contributed by atoms with E-state index in [0.717, 1.165) is 18.2 Å². The molecule has 122 valence electrons. The second kappa shape index (κ2) is 7.32. The Morgan fingerprint density at radius 2 is 1.58 bits per heavy atom. The molecule has 6 heteroatoms. The van der Waals surface area contributed by atoms with Gasteiger partial charge in [-0.05, 0) is 23.8 Å². The summed E-state index contributed by atoms with van der Waals surface area (Å²) in [5.74, 6) is -2.04. The van der Waals surface area contributed by atoms with Crippen molar-refractivity contribution in [3.63, 3.8) is 0 Å². The molecule has 6 nitrogen and oxygen atoms in total. The summed E-state index contributed by atoms with van der Waals surface area (Å²) in [6, 6.07) is 4.56. The van der Waals surface area contributed by atoms with E-state index in [1.54, 1.807) is 6.07 Å². The van der Waals surface area contributed by atoms with Gasteiger partial charge in [0.05, 0.1) is 0 Å². The molecule has 0 radical (unpaired) electrons. The van der Waals surface area contributed by atoms with Crippen LogP contribution in [0.1, 0.15) is 26.3 Å². The van der Waals surface area contributed by atoms with E-state index in [1.165, 1.54) is 12.1 Å². The number of benzene rings is 1. The highest BCUT2D eigenvalue weighted by atomic mass is 16.5. The maximum atomic E-state index is 12.4. The SMILES string of the molecule is C=CC(=O)OCC1=CC(=O)c2cc(COC(=O)C=C)ccc2C1=O. The molecule has 0 fully saturated rings. The van der Waals surface area contributed by atoms with Crippen LogP contribution in [0.5, 0.6) is 0 Å². The lowest BCUT2D eigenvalue weighted by Crippen LogP contribution is -2.21. The average molecular weight is 326 g/mol. The molecule has 1 aromatic carbocycles. The molecule has 24 heavy (non-hydrogen) atoms. The predicted molar refractivity (Wildman–Crippen MR) is 84.3 cm³/mol. The van der Waals surface area contributed by atoms with Crippen molar-refractivity contribution in [2.45, 2.75) is 6.61 Å². The summed E-state index contributed by atoms with van der Waals surface area (Å²) >= 11 is 0. The zero-order valence-corrected chi connectivity index (χ0v) is 12.7. The first kappa shape index (κ1) is 17.1. The molecule has 0 amide bonds. The zero-order valence-electron chi connectivity index (χ0n) is 12.7. The van der Waals surface area contributed by atoms with Crippen LogP contribution in [0.15, 0.2) is 55.2 Å². The second-order valence-corrected chi connectivity index (χ2v) is 4.87. The zero-order chi connectivity index (χ0) is 17.7. The molecule has 1 aliphatic rings. The first-order valence-electron chi connectivity index (χ1n) is 6.97. The van der Waals surface area contributed by atoms with Gasteiger partial charge in [-0.3, -0.25) is 9.59 Å². The number of carbonyl (C=O) groups excluding carboxylic acids is 4. The average Bonchev–Trinajstić information content (AvgIpc) is 2.60. The van der Waals surface area contributed by atoms with Crippen LogP contribution in [0.3, 0.4) is 0 Å². The lowest BCUT2D eigenvalue weighted by atomic mass is 9.88. The number of ketones is 2. The molecule has 0 heterocycles. The number of ether oxygens (including phenoxy) is 2. The van der Waals surface area contributed by atoms with Crippen molar-refractivity contribution in [2.24, 2.45) is 0 Å². The highest BCUT2D eigenvalue weighted by Crippen LogP contribution is 2.23. The molecule has 0 aliphatic heterocycles. The second-order valence-electron chi connectivity index (χ2n) is 4.87. The molecule has 2 rings (SSSR count). The highest BCUT2D eigenvalue weighted by molar-refractivity contribution is 6.24. The Labute approximate surface area is 138 Å². The Bertz CT molecular complexity index is 785. The van der Waals surface area contributed by atoms with Gasteiger partial charge in [-0.2, -0.15) is 0 Å². The quantitative estimate of drug-likeness (QED) is 0.586. The van der Waals surface area contributed by atoms with E-state index in [-0.39, 0.29) is 35.7 Å². The van der Waals surface area contributed by atoms with Gasteiger partial charge in [0.2, 0.25) is 0 Å². The number of hydrogen-bond acceptors (Lipinski definition) is 6. The van der Waals surface area contributed by atoms with Crippen LogP contribution in [0.2, 0.25) is 0 Å². The molecule has 0 N–H and O–H groups in total. The number of carbonyl (C=O) groups is 4. The van der Waals surface area contributed by atoms with Crippen molar-refractivity contribution >= 4 is 23.5 Å². The van der Waals surface area contributed by atoms with Gasteiger partial charge in [0, 0.05) is 28.9 Å². The Balaban J connectivity index is 2.19. The fraction of sp³-hybridized carbons (Fsp3) is 0.111. The van der Waals surface area contributed by atoms with Gasteiger partial charge in [-0.1, -0.05) is 19.2 Å². The van der Waals surface area contributed by atoms with E-state index in [2.05, 4.69) is 13.2 Å². The van der Waals surface area contributed by atoms with Crippen molar-refractivity contribution in [3.05, 3.63) is 71.8 Å². The molecule has 0 spiro atoms. The fourth-order valence-electron chi connectivity index (χ4n) is 2.09. The number of allylic oxidation sites excluding steroid dienone is 1. The van der Waals surface area contributed by atoms with Crippen molar-refractivity contribution in [1.82, 2.24) is 0 Å². The molecule has 0 unspecified atom stereocenters. The van der Waals surface area contributed by atoms with E-state index in [9.17, 15) is 19.2 Å². The molecular formula is C18H14O6. The van der Waals surface area contributed by atoms with Gasteiger partial charge in [0.25, 0.3) is 0 Å². The van der Waals surface area contributed by atoms with Crippen LogP contribution in [0.4, 0.5) is 0 Å². The first-order valence-corrected chi connectivity index (χ1v) is 6.97. The van der Waals surface area contributed by atoms with Crippen LogP contribution >= 0.6 is 0 Å². The van der Waals surface area contributed by atoms with Gasteiger partial charge in [0.15, 0.2) is 11.6 Å². The Morgan fingerprint density at radius 3 is 2.21 bits per heavy atom. The van der Waals surface area contributed by atoms with E-state index >= 15 is 0 Å². The number of Topliss-reactive ketones (excluding diaryl/α,β-unsaturated/α-hetero) is 1. The van der Waals surface area contributed by atoms with Crippen LogP contribution in [0.25, 0.3) is 0 Å². The molecule has 1 aromatic rings. The van der Waals surface area contributed by atoms with Crippen molar-refractivity contribution in [3.8, 4) is 0 Å². The molecule has 1 aliphatic carbocycles. The van der Waals surface area contributed by atoms with Gasteiger partial charge >= 0.3 is 11.9 Å². The predicted octanol–water partition coefficient (Wildman–Crippen LogP) is 1.95. The summed E-state index contributed by atoms with van der Waals surface area (Å²) in [6.45, 7) is 6.21. The van der Waals surface area contributed by atoms with Gasteiger partial charge in [-0.15, -0.1) is 0 Å². The summed E-state index contributed by atoms with van der Waals surface area (Å²) in [5, 5.41) is 0. The maximum absolute atomic E-state index is 12.4. The third-order valence-corrected chi connectivity index (χ3v) is 3.28. The summed E-state index contributed by atoms with van der Waals surface area (Å²) in [5.41, 5.74) is 1.09. The number of hydrogen-bond donors (Lipinski definition) is 0. The van der Waals surface area contributed by atoms with Crippen molar-refractivity contribution in [2.75, 3.05) is 6.61 Å². The number of fused-ring (bicyclic) bond motifs is 1. The van der Waals surface area contributed by atoms with Crippen LogP contribution < -0.4 is 0 Å². The van der Waals surface area contributed by atoms with E-state index in [0.29, 0.717) is 5.56 Å². The topological polar surface area (TPSA) is 86.7 Å². The molecule has 0 atom stereocenters. The maximum Gasteiger partial charge on any atom is 0.330 e. The third kappa shape index (κ3) is 3.73. The van der Waals surface area contributed by atoms with Crippen LogP contribution in [-0.4, -0.2) is 30.1 Å². The first-order chi connectivity index (χ1) is 11.5. The lowest BCUT2D eigenvalue weighted by Gasteiger charge is -2.16. The lowest BCUT2D eigenvalue weighted by molar-refractivity contribution is -0.139. The van der Waals surface area contributed by atoms with E-state index in [1.807, 2.05) is 0 Å². The Hall–Kier alpha value is -3.28. The molecule has 0 aromatic heterocycles. The summed E-state index contributed by atoms with van der Waals surface area (Å²) in [6.07, 6.45) is 3.15. The smallest absolute Gasteiger partial charge is 0.330 e. The minimum absolute atomic E-state index is 0.0346. The molecule has 0 saturated carbocycles. The minimum Gasteiger partial charge on any atom is -0.458 e.